The second-order valence-corrected chi connectivity index (χ2v) is 8.75. The summed E-state index contributed by atoms with van der Waals surface area (Å²) in [5.41, 5.74) is -0.820. The molecule has 10 heteroatoms. The van der Waals surface area contributed by atoms with Gasteiger partial charge in [0.2, 0.25) is 0 Å². The van der Waals surface area contributed by atoms with Crippen LogP contribution in [0.25, 0.3) is 10.9 Å². The topological polar surface area (TPSA) is 80.4 Å². The smallest absolute Gasteiger partial charge is 0.368 e. The Labute approximate surface area is 176 Å². The Morgan fingerprint density at radius 3 is 2.35 bits per heavy atom. The first-order valence-corrected chi connectivity index (χ1v) is 11.2. The van der Waals surface area contributed by atoms with Crippen LogP contribution in [0.5, 0.6) is 0 Å². The number of rotatable bonds is 8. The quantitative estimate of drug-likeness (QED) is 0.413. The van der Waals surface area contributed by atoms with Gasteiger partial charge in [0, 0.05) is 11.2 Å². The molecule has 166 valence electrons. The van der Waals surface area contributed by atoms with Crippen LogP contribution < -0.4 is 10.9 Å². The molecule has 1 aromatic heterocycles. The monoisotopic (exact) mass is 454 g/mol. The van der Waals surface area contributed by atoms with Crippen molar-refractivity contribution < 1.29 is 26.8 Å². The van der Waals surface area contributed by atoms with Crippen LogP contribution in [0.4, 0.5) is 18.9 Å². The van der Waals surface area contributed by atoms with Crippen molar-refractivity contribution in [2.45, 2.75) is 25.8 Å². The van der Waals surface area contributed by atoms with Gasteiger partial charge in [-0.2, -0.15) is 13.2 Å². The summed E-state index contributed by atoms with van der Waals surface area (Å²) in [7, 11) is -3.99. The van der Waals surface area contributed by atoms with Crippen molar-refractivity contribution in [1.29, 1.82) is 0 Å². The number of benzene rings is 2. The van der Waals surface area contributed by atoms with Crippen LogP contribution in [0.2, 0.25) is 0 Å². The van der Waals surface area contributed by atoms with E-state index < -0.39 is 30.7 Å². The molecule has 0 fully saturated rings. The first kappa shape index (κ1) is 23.1. The van der Waals surface area contributed by atoms with E-state index in [-0.39, 0.29) is 24.5 Å². The van der Waals surface area contributed by atoms with Gasteiger partial charge in [0.25, 0.3) is 5.56 Å². The van der Waals surface area contributed by atoms with E-state index in [1.807, 2.05) is 0 Å². The van der Waals surface area contributed by atoms with E-state index in [2.05, 4.69) is 10.3 Å². The summed E-state index contributed by atoms with van der Waals surface area (Å²) in [5.74, 6) is -1.33. The van der Waals surface area contributed by atoms with Crippen LogP contribution in [0, 0.1) is 0 Å². The summed E-state index contributed by atoms with van der Waals surface area (Å²) in [6, 6.07) is 12.9. The lowest BCUT2D eigenvalue weighted by molar-refractivity contribution is -0.137. The highest BCUT2D eigenvalue weighted by Crippen LogP contribution is 2.60. The summed E-state index contributed by atoms with van der Waals surface area (Å²) in [4.78, 5) is 15.5. The number of anilines is 1. The fourth-order valence-corrected chi connectivity index (χ4v) is 5.12. The molecule has 2 aromatic carbocycles. The molecule has 0 aliphatic rings. The molecule has 2 N–H and O–H groups in total. The second kappa shape index (κ2) is 9.26. The van der Waals surface area contributed by atoms with Crippen LogP contribution in [-0.4, -0.2) is 18.2 Å². The minimum Gasteiger partial charge on any atom is -0.368 e. The predicted octanol–water partition coefficient (Wildman–Crippen LogP) is 5.92. The van der Waals surface area contributed by atoms with Gasteiger partial charge in [0.15, 0.2) is 5.78 Å². The normalized spacial score (nSPS) is 13.3. The summed E-state index contributed by atoms with van der Waals surface area (Å²) < 4.78 is 63.9. The molecule has 31 heavy (non-hydrogen) atoms. The highest BCUT2D eigenvalue weighted by atomic mass is 31.2. The highest BCUT2D eigenvalue weighted by Gasteiger charge is 2.39. The SMILES string of the molecule is CCOP(=O)(OCC)C(Nc1cccc(C(F)(F)F)c1)c1cc2ccccc2[nH]c1=O. The zero-order valence-corrected chi connectivity index (χ0v) is 17.8. The Hall–Kier alpha value is -2.61. The summed E-state index contributed by atoms with van der Waals surface area (Å²) >= 11 is 0. The first-order valence-electron chi connectivity index (χ1n) is 9.62. The molecule has 0 saturated heterocycles. The molecule has 1 unspecified atom stereocenters. The number of aromatic amines is 1. The van der Waals surface area contributed by atoms with Gasteiger partial charge in [0.1, 0.15) is 0 Å². The average molecular weight is 454 g/mol. The summed E-state index contributed by atoms with van der Waals surface area (Å²) in [6.45, 7) is 3.25. The Balaban J connectivity index is 2.16. The number of nitrogens with one attached hydrogen (secondary N) is 2. The van der Waals surface area contributed by atoms with Crippen molar-refractivity contribution in [3.63, 3.8) is 0 Å². The van der Waals surface area contributed by atoms with E-state index in [4.69, 9.17) is 9.05 Å². The van der Waals surface area contributed by atoms with E-state index in [9.17, 15) is 22.5 Å². The van der Waals surface area contributed by atoms with Gasteiger partial charge in [-0.25, -0.2) is 0 Å². The minimum atomic E-state index is -4.56. The highest BCUT2D eigenvalue weighted by molar-refractivity contribution is 7.54. The molecule has 0 saturated carbocycles. The summed E-state index contributed by atoms with van der Waals surface area (Å²) in [5, 5.41) is 3.45. The van der Waals surface area contributed by atoms with Crippen LogP contribution in [-0.2, 0) is 19.8 Å². The molecule has 0 spiro atoms. The van der Waals surface area contributed by atoms with Crippen molar-refractivity contribution in [3.05, 3.63) is 76.1 Å². The van der Waals surface area contributed by atoms with Crippen molar-refractivity contribution in [2.24, 2.45) is 0 Å². The zero-order chi connectivity index (χ0) is 22.6. The Morgan fingerprint density at radius 2 is 1.71 bits per heavy atom. The van der Waals surface area contributed by atoms with Gasteiger partial charge in [-0.3, -0.25) is 9.36 Å². The van der Waals surface area contributed by atoms with Gasteiger partial charge in [-0.05, 0) is 49.6 Å². The maximum absolute atomic E-state index is 13.6. The average Bonchev–Trinajstić information content (AvgIpc) is 2.71. The van der Waals surface area contributed by atoms with Crippen LogP contribution >= 0.6 is 7.60 Å². The third-order valence-electron chi connectivity index (χ3n) is 4.50. The third-order valence-corrected chi connectivity index (χ3v) is 6.78. The number of halogens is 3. The van der Waals surface area contributed by atoms with E-state index >= 15 is 0 Å². The number of hydrogen-bond donors (Lipinski definition) is 2. The van der Waals surface area contributed by atoms with E-state index in [0.717, 1.165) is 12.1 Å². The number of H-pyrrole nitrogens is 1. The molecular weight excluding hydrogens is 432 g/mol. The molecule has 0 amide bonds. The maximum atomic E-state index is 13.6. The Morgan fingerprint density at radius 1 is 1.03 bits per heavy atom. The van der Waals surface area contributed by atoms with Crippen LogP contribution in [0.3, 0.4) is 0 Å². The van der Waals surface area contributed by atoms with Crippen LogP contribution in [0.15, 0.2) is 59.4 Å². The zero-order valence-electron chi connectivity index (χ0n) is 16.9. The van der Waals surface area contributed by atoms with Gasteiger partial charge in [0.05, 0.1) is 24.3 Å². The minimum absolute atomic E-state index is 0.0174. The predicted molar refractivity (Wildman–Crippen MR) is 113 cm³/mol. The lowest BCUT2D eigenvalue weighted by Gasteiger charge is -2.28. The molecule has 0 radical (unpaired) electrons. The number of pyridine rings is 1. The summed E-state index contributed by atoms with van der Waals surface area (Å²) in [6.07, 6.45) is -4.56. The molecule has 0 aliphatic heterocycles. The van der Waals surface area contributed by atoms with E-state index in [0.29, 0.717) is 10.9 Å². The van der Waals surface area contributed by atoms with E-state index in [1.54, 1.807) is 38.1 Å². The van der Waals surface area contributed by atoms with Gasteiger partial charge in [-0.15, -0.1) is 0 Å². The largest absolute Gasteiger partial charge is 0.416 e. The molecule has 6 nitrogen and oxygen atoms in total. The lowest BCUT2D eigenvalue weighted by atomic mass is 10.1. The number of hydrogen-bond acceptors (Lipinski definition) is 5. The second-order valence-electron chi connectivity index (χ2n) is 6.64. The number of fused-ring (bicyclic) bond motifs is 1. The number of alkyl halides is 3. The van der Waals surface area contributed by atoms with Crippen molar-refractivity contribution in [1.82, 2.24) is 4.98 Å². The molecule has 1 atom stereocenters. The first-order chi connectivity index (χ1) is 14.7. The standard InChI is InChI=1S/C21H22F3N2O4P/c1-3-29-31(28,30-4-2)20(25-16-10-7-9-15(13-16)21(22,23)24)17-12-14-8-5-6-11-18(14)26-19(17)27/h5-13,20,25H,3-4H2,1-2H3,(H,26,27). The fourth-order valence-electron chi connectivity index (χ4n) is 3.18. The molecule has 0 bridgehead atoms. The van der Waals surface area contributed by atoms with Crippen molar-refractivity contribution >= 4 is 24.2 Å². The van der Waals surface area contributed by atoms with E-state index in [1.165, 1.54) is 18.2 Å². The van der Waals surface area contributed by atoms with Gasteiger partial charge >= 0.3 is 13.8 Å². The lowest BCUT2D eigenvalue weighted by Crippen LogP contribution is -2.23. The van der Waals surface area contributed by atoms with Crippen molar-refractivity contribution in [3.8, 4) is 0 Å². The molecule has 3 rings (SSSR count). The fraction of sp³-hybridized carbons (Fsp3) is 0.286. The van der Waals surface area contributed by atoms with Crippen molar-refractivity contribution in [2.75, 3.05) is 18.5 Å². The maximum Gasteiger partial charge on any atom is 0.416 e. The number of aromatic nitrogens is 1. The molecule has 0 aliphatic carbocycles. The van der Waals surface area contributed by atoms with Gasteiger partial charge in [-0.1, -0.05) is 24.3 Å². The third kappa shape index (κ3) is 5.18. The Bertz CT molecular complexity index is 1150. The molecule has 1 heterocycles. The number of para-hydroxylation sites is 1. The Kier molecular flexibility index (Phi) is 6.89. The van der Waals surface area contributed by atoms with Gasteiger partial charge < -0.3 is 19.3 Å². The molecular formula is C21H22F3N2O4P. The van der Waals surface area contributed by atoms with Crippen LogP contribution in [0.1, 0.15) is 30.8 Å². The molecule has 3 aromatic rings.